The molecule has 0 saturated carbocycles. The van der Waals surface area contributed by atoms with Crippen LogP contribution in [-0.4, -0.2) is 29.1 Å². The van der Waals surface area contributed by atoms with Crippen molar-refractivity contribution < 1.29 is 0 Å². The summed E-state index contributed by atoms with van der Waals surface area (Å²) in [5.74, 6) is 1.90. The van der Waals surface area contributed by atoms with Gasteiger partial charge in [-0.1, -0.05) is 127 Å². The molecule has 0 saturated heterocycles. The standard InChI is InChI=1S/C48H30N6/c1-3-14-32(15-4-1)45-50-46(33-16-5-2-6-17-33)52-47(51-45)40-20-11-23-42-44(40)39-27-26-36(54-41-22-10-9-19-37(41)38-21-12-28-49-48(38)54)30-43(39)53(42)35-25-24-31-13-7-8-18-34(31)29-35/h1-30H. The Balaban J connectivity index is 1.22. The number of rotatable bonds is 5. The summed E-state index contributed by atoms with van der Waals surface area (Å²) in [5.41, 5.74) is 9.13. The van der Waals surface area contributed by atoms with Gasteiger partial charge in [-0.2, -0.15) is 0 Å². The van der Waals surface area contributed by atoms with Crippen molar-refractivity contribution in [1.29, 1.82) is 0 Å². The smallest absolute Gasteiger partial charge is 0.164 e. The van der Waals surface area contributed by atoms with E-state index in [1.165, 1.54) is 16.2 Å². The number of pyridine rings is 1. The average Bonchev–Trinajstić information content (AvgIpc) is 3.76. The fourth-order valence-corrected chi connectivity index (χ4v) is 7.96. The minimum atomic E-state index is 0.626. The van der Waals surface area contributed by atoms with Gasteiger partial charge < -0.3 is 4.57 Å². The Kier molecular flexibility index (Phi) is 6.75. The molecular weight excluding hydrogens is 661 g/mol. The van der Waals surface area contributed by atoms with Gasteiger partial charge in [-0.25, -0.2) is 19.9 Å². The highest BCUT2D eigenvalue weighted by atomic mass is 15.1. The van der Waals surface area contributed by atoms with Crippen molar-refractivity contribution in [2.45, 2.75) is 0 Å². The molecule has 54 heavy (non-hydrogen) atoms. The summed E-state index contributed by atoms with van der Waals surface area (Å²) < 4.78 is 4.65. The Bertz CT molecular complexity index is 3110. The van der Waals surface area contributed by atoms with Crippen LogP contribution in [0, 0.1) is 0 Å². The van der Waals surface area contributed by atoms with Gasteiger partial charge in [0, 0.05) is 55.8 Å². The molecule has 11 rings (SSSR count). The molecule has 0 fully saturated rings. The van der Waals surface area contributed by atoms with Crippen LogP contribution in [0.5, 0.6) is 0 Å². The maximum Gasteiger partial charge on any atom is 0.164 e. The second kappa shape index (κ2) is 12.1. The summed E-state index contributed by atoms with van der Waals surface area (Å²) >= 11 is 0. The summed E-state index contributed by atoms with van der Waals surface area (Å²) in [6, 6.07) is 61.4. The quantitative estimate of drug-likeness (QED) is 0.180. The van der Waals surface area contributed by atoms with Crippen molar-refractivity contribution >= 4 is 54.5 Å². The Morgan fingerprint density at radius 2 is 1.00 bits per heavy atom. The van der Waals surface area contributed by atoms with E-state index in [0.717, 1.165) is 66.4 Å². The third-order valence-electron chi connectivity index (χ3n) is 10.4. The fourth-order valence-electron chi connectivity index (χ4n) is 7.96. The van der Waals surface area contributed by atoms with E-state index < -0.39 is 0 Å². The number of nitrogens with zero attached hydrogens (tertiary/aromatic N) is 6. The van der Waals surface area contributed by atoms with E-state index >= 15 is 0 Å². The van der Waals surface area contributed by atoms with E-state index in [9.17, 15) is 0 Å². The van der Waals surface area contributed by atoms with Crippen molar-refractivity contribution in [3.05, 3.63) is 182 Å². The number of hydrogen-bond donors (Lipinski definition) is 0. The summed E-state index contributed by atoms with van der Waals surface area (Å²) in [6.07, 6.45) is 1.87. The highest BCUT2D eigenvalue weighted by Crippen LogP contribution is 2.41. The molecule has 0 radical (unpaired) electrons. The number of para-hydroxylation sites is 1. The lowest BCUT2D eigenvalue weighted by Gasteiger charge is -2.12. The Morgan fingerprint density at radius 1 is 0.370 bits per heavy atom. The van der Waals surface area contributed by atoms with Crippen LogP contribution in [-0.2, 0) is 0 Å². The molecule has 4 heterocycles. The van der Waals surface area contributed by atoms with Crippen LogP contribution < -0.4 is 0 Å². The van der Waals surface area contributed by atoms with E-state index in [1.807, 2.05) is 72.9 Å². The zero-order valence-corrected chi connectivity index (χ0v) is 29.0. The molecule has 0 bridgehead atoms. The molecule has 0 aliphatic rings. The lowest BCUT2D eigenvalue weighted by Crippen LogP contribution is -2.00. The zero-order chi connectivity index (χ0) is 35.6. The highest BCUT2D eigenvalue weighted by Gasteiger charge is 2.21. The van der Waals surface area contributed by atoms with Crippen LogP contribution in [0.2, 0.25) is 0 Å². The van der Waals surface area contributed by atoms with Gasteiger partial charge in [0.1, 0.15) is 5.65 Å². The Hall–Kier alpha value is -7.44. The molecule has 0 spiro atoms. The highest BCUT2D eigenvalue weighted by molar-refractivity contribution is 6.16. The fraction of sp³-hybridized carbons (Fsp3) is 0. The minimum absolute atomic E-state index is 0.626. The van der Waals surface area contributed by atoms with Gasteiger partial charge in [0.15, 0.2) is 17.5 Å². The van der Waals surface area contributed by atoms with Crippen molar-refractivity contribution in [3.8, 4) is 45.5 Å². The van der Waals surface area contributed by atoms with Crippen molar-refractivity contribution in [2.24, 2.45) is 0 Å². The third-order valence-corrected chi connectivity index (χ3v) is 10.4. The molecule has 0 unspecified atom stereocenters. The first-order valence-corrected chi connectivity index (χ1v) is 18.1. The number of aromatic nitrogens is 6. The molecule has 0 aliphatic heterocycles. The first-order chi connectivity index (χ1) is 26.8. The van der Waals surface area contributed by atoms with E-state index in [1.54, 1.807) is 0 Å². The first-order valence-electron chi connectivity index (χ1n) is 18.1. The summed E-state index contributed by atoms with van der Waals surface area (Å²) in [6.45, 7) is 0. The largest absolute Gasteiger partial charge is 0.309 e. The number of benzene rings is 7. The van der Waals surface area contributed by atoms with Crippen LogP contribution in [0.1, 0.15) is 0 Å². The molecule has 0 atom stereocenters. The molecule has 11 aromatic rings. The van der Waals surface area contributed by atoms with Gasteiger partial charge in [-0.15, -0.1) is 0 Å². The van der Waals surface area contributed by atoms with Crippen LogP contribution in [0.3, 0.4) is 0 Å². The number of hydrogen-bond acceptors (Lipinski definition) is 4. The van der Waals surface area contributed by atoms with Gasteiger partial charge in [0.2, 0.25) is 0 Å². The molecule has 4 aromatic heterocycles. The van der Waals surface area contributed by atoms with Crippen LogP contribution in [0.4, 0.5) is 0 Å². The van der Waals surface area contributed by atoms with Gasteiger partial charge in [-0.3, -0.25) is 4.57 Å². The summed E-state index contributed by atoms with van der Waals surface area (Å²) in [5, 5.41) is 6.87. The Morgan fingerprint density at radius 3 is 1.80 bits per heavy atom. The predicted octanol–water partition coefficient (Wildman–Crippen LogP) is 11.6. The molecule has 6 nitrogen and oxygen atoms in total. The maximum absolute atomic E-state index is 5.16. The third kappa shape index (κ3) is 4.74. The molecule has 6 heteroatoms. The topological polar surface area (TPSA) is 61.4 Å². The molecule has 252 valence electrons. The minimum Gasteiger partial charge on any atom is -0.309 e. The average molecular weight is 691 g/mol. The van der Waals surface area contributed by atoms with Crippen molar-refractivity contribution in [3.63, 3.8) is 0 Å². The van der Waals surface area contributed by atoms with Crippen molar-refractivity contribution in [2.75, 3.05) is 0 Å². The van der Waals surface area contributed by atoms with Crippen LogP contribution in [0.25, 0.3) is 100 Å². The molecular formula is C48H30N6. The van der Waals surface area contributed by atoms with E-state index in [2.05, 4.69) is 118 Å². The second-order valence-corrected chi connectivity index (χ2v) is 13.5. The second-order valence-electron chi connectivity index (χ2n) is 13.5. The summed E-state index contributed by atoms with van der Waals surface area (Å²) in [7, 11) is 0. The monoisotopic (exact) mass is 690 g/mol. The first kappa shape index (κ1) is 30.2. The summed E-state index contributed by atoms with van der Waals surface area (Å²) in [4.78, 5) is 20.2. The van der Waals surface area contributed by atoms with Gasteiger partial charge in [0.25, 0.3) is 0 Å². The zero-order valence-electron chi connectivity index (χ0n) is 29.0. The van der Waals surface area contributed by atoms with Gasteiger partial charge >= 0.3 is 0 Å². The normalized spacial score (nSPS) is 11.7. The predicted molar refractivity (Wildman–Crippen MR) is 220 cm³/mol. The van der Waals surface area contributed by atoms with E-state index in [0.29, 0.717) is 17.5 Å². The molecule has 7 aromatic carbocycles. The lowest BCUT2D eigenvalue weighted by molar-refractivity contribution is 1.08. The molecule has 0 N–H and O–H groups in total. The van der Waals surface area contributed by atoms with Gasteiger partial charge in [0.05, 0.1) is 16.6 Å². The van der Waals surface area contributed by atoms with Gasteiger partial charge in [-0.05, 0) is 59.3 Å². The number of fused-ring (bicyclic) bond motifs is 7. The lowest BCUT2D eigenvalue weighted by atomic mass is 10.0. The van der Waals surface area contributed by atoms with E-state index in [4.69, 9.17) is 19.9 Å². The SMILES string of the molecule is c1ccc(-c2nc(-c3ccccc3)nc(-c3cccc4c3c3ccc(-n5c6ccccc6c6cccnc65)cc3n4-c3ccc4ccccc4c3)n2)cc1. The van der Waals surface area contributed by atoms with Crippen LogP contribution >= 0.6 is 0 Å². The van der Waals surface area contributed by atoms with Crippen molar-refractivity contribution in [1.82, 2.24) is 29.1 Å². The van der Waals surface area contributed by atoms with E-state index in [-0.39, 0.29) is 0 Å². The molecule has 0 aliphatic carbocycles. The Labute approximate surface area is 310 Å². The van der Waals surface area contributed by atoms with Crippen LogP contribution in [0.15, 0.2) is 182 Å². The molecule has 0 amide bonds. The maximum atomic E-state index is 5.16.